The van der Waals surface area contributed by atoms with Gasteiger partial charge in [-0.05, 0) is 56.2 Å². The second kappa shape index (κ2) is 9.30. The van der Waals surface area contributed by atoms with Crippen LogP contribution in [0.2, 0.25) is 0 Å². The van der Waals surface area contributed by atoms with Crippen molar-refractivity contribution in [2.45, 2.75) is 39.3 Å². The van der Waals surface area contributed by atoms with Crippen molar-refractivity contribution < 1.29 is 23.9 Å². The molecule has 1 atom stereocenters. The van der Waals surface area contributed by atoms with Gasteiger partial charge in [0.15, 0.2) is 11.5 Å². The predicted molar refractivity (Wildman–Crippen MR) is 118 cm³/mol. The second-order valence-corrected chi connectivity index (χ2v) is 7.81. The van der Waals surface area contributed by atoms with Crippen molar-refractivity contribution in [2.24, 2.45) is 0 Å². The molecule has 1 N–H and O–H groups in total. The highest BCUT2D eigenvalue weighted by molar-refractivity contribution is 6.00. The fraction of sp³-hybridized carbons (Fsp3) is 0.375. The Morgan fingerprint density at radius 2 is 1.88 bits per heavy atom. The number of nitrogens with zero attached hydrogens (tertiary/aromatic N) is 2. The Kier molecular flexibility index (Phi) is 6.30. The lowest BCUT2D eigenvalue weighted by Gasteiger charge is -2.24. The van der Waals surface area contributed by atoms with Crippen LogP contribution in [0.5, 0.6) is 11.5 Å². The molecule has 8 heteroatoms. The average molecular weight is 437 g/mol. The number of ether oxygens (including phenoxy) is 2. The van der Waals surface area contributed by atoms with E-state index in [2.05, 4.69) is 5.32 Å². The zero-order valence-corrected chi connectivity index (χ0v) is 18.3. The van der Waals surface area contributed by atoms with E-state index in [0.717, 1.165) is 5.56 Å². The van der Waals surface area contributed by atoms with Gasteiger partial charge in [-0.3, -0.25) is 14.4 Å². The van der Waals surface area contributed by atoms with Crippen LogP contribution < -0.4 is 14.8 Å². The maximum Gasteiger partial charge on any atom is 0.253 e. The minimum atomic E-state index is -0.574. The maximum atomic E-state index is 13.0. The Morgan fingerprint density at radius 3 is 2.66 bits per heavy atom. The summed E-state index contributed by atoms with van der Waals surface area (Å²) in [6, 6.07) is 11.9. The number of hydrogen-bond donors (Lipinski definition) is 1. The molecule has 2 heterocycles. The zero-order chi connectivity index (χ0) is 22.7. The molecule has 0 saturated carbocycles. The third-order valence-electron chi connectivity index (χ3n) is 5.85. The first-order chi connectivity index (χ1) is 15.5. The van der Waals surface area contributed by atoms with E-state index in [1.54, 1.807) is 34.1 Å². The Morgan fingerprint density at radius 1 is 1.09 bits per heavy atom. The molecule has 32 heavy (non-hydrogen) atoms. The van der Waals surface area contributed by atoms with E-state index in [4.69, 9.17) is 9.47 Å². The fourth-order valence-electron chi connectivity index (χ4n) is 4.09. The van der Waals surface area contributed by atoms with E-state index in [-0.39, 0.29) is 24.5 Å². The number of benzene rings is 2. The number of rotatable bonds is 7. The topological polar surface area (TPSA) is 88.2 Å². The van der Waals surface area contributed by atoms with Gasteiger partial charge in [0.05, 0.1) is 0 Å². The van der Waals surface area contributed by atoms with Crippen LogP contribution in [0.25, 0.3) is 0 Å². The van der Waals surface area contributed by atoms with Crippen LogP contribution in [0.3, 0.4) is 0 Å². The molecule has 168 valence electrons. The zero-order valence-electron chi connectivity index (χ0n) is 18.3. The maximum absolute atomic E-state index is 13.0. The number of nitrogens with one attached hydrogen (secondary N) is 1. The molecule has 1 unspecified atom stereocenters. The molecule has 0 aliphatic carbocycles. The number of anilines is 1. The number of likely N-dealkylation sites (tertiary alicyclic amines) is 1. The Balaban J connectivity index is 1.46. The second-order valence-electron chi connectivity index (χ2n) is 7.81. The SMILES string of the molecule is CCN(CC)C(=O)c1cccc(NC(=O)C2CCC(=O)N2Cc2ccc3c(c2)OCO3)c1. The van der Waals surface area contributed by atoms with E-state index in [1.165, 1.54) is 0 Å². The quantitative estimate of drug-likeness (QED) is 0.719. The molecule has 0 aromatic heterocycles. The van der Waals surface area contributed by atoms with Crippen LogP contribution >= 0.6 is 0 Å². The number of carbonyl (C=O) groups excluding carboxylic acids is 3. The molecule has 0 radical (unpaired) electrons. The van der Waals surface area contributed by atoms with Gasteiger partial charge in [0, 0.05) is 37.3 Å². The summed E-state index contributed by atoms with van der Waals surface area (Å²) < 4.78 is 10.7. The van der Waals surface area contributed by atoms with E-state index in [1.807, 2.05) is 32.0 Å². The normalized spacial score (nSPS) is 16.9. The van der Waals surface area contributed by atoms with E-state index in [0.29, 0.717) is 55.2 Å². The summed E-state index contributed by atoms with van der Waals surface area (Å²) in [4.78, 5) is 41.5. The summed E-state index contributed by atoms with van der Waals surface area (Å²) in [5.41, 5.74) is 1.93. The number of amides is 3. The van der Waals surface area contributed by atoms with Crippen molar-refractivity contribution >= 4 is 23.4 Å². The van der Waals surface area contributed by atoms with Crippen molar-refractivity contribution in [3.63, 3.8) is 0 Å². The first kappa shape index (κ1) is 21.7. The predicted octanol–water partition coefficient (Wildman–Crippen LogP) is 3.03. The van der Waals surface area contributed by atoms with Crippen LogP contribution in [-0.4, -0.2) is 53.4 Å². The molecule has 2 aliphatic heterocycles. The van der Waals surface area contributed by atoms with Gasteiger partial charge < -0.3 is 24.6 Å². The third kappa shape index (κ3) is 4.39. The van der Waals surface area contributed by atoms with Crippen molar-refractivity contribution in [3.05, 3.63) is 53.6 Å². The molecular formula is C24H27N3O5. The van der Waals surface area contributed by atoms with Gasteiger partial charge in [-0.1, -0.05) is 12.1 Å². The molecule has 1 fully saturated rings. The summed E-state index contributed by atoms with van der Waals surface area (Å²) in [6.45, 7) is 5.59. The van der Waals surface area contributed by atoms with E-state index in [9.17, 15) is 14.4 Å². The van der Waals surface area contributed by atoms with Crippen molar-refractivity contribution in [1.82, 2.24) is 9.80 Å². The molecule has 2 aromatic carbocycles. The molecule has 0 spiro atoms. The van der Waals surface area contributed by atoms with Crippen molar-refractivity contribution in [1.29, 1.82) is 0 Å². The van der Waals surface area contributed by atoms with Crippen molar-refractivity contribution in [2.75, 3.05) is 25.2 Å². The molecule has 0 bridgehead atoms. The summed E-state index contributed by atoms with van der Waals surface area (Å²) in [7, 11) is 0. The van der Waals surface area contributed by atoms with Gasteiger partial charge in [0.1, 0.15) is 6.04 Å². The van der Waals surface area contributed by atoms with Crippen LogP contribution in [-0.2, 0) is 16.1 Å². The molecule has 2 aliphatic rings. The average Bonchev–Trinajstić information content (AvgIpc) is 3.41. The van der Waals surface area contributed by atoms with Gasteiger partial charge >= 0.3 is 0 Å². The smallest absolute Gasteiger partial charge is 0.253 e. The van der Waals surface area contributed by atoms with Gasteiger partial charge in [-0.25, -0.2) is 0 Å². The van der Waals surface area contributed by atoms with Crippen LogP contribution in [0.4, 0.5) is 5.69 Å². The van der Waals surface area contributed by atoms with Crippen LogP contribution in [0, 0.1) is 0 Å². The molecule has 4 rings (SSSR count). The fourth-order valence-corrected chi connectivity index (χ4v) is 4.09. The summed E-state index contributed by atoms with van der Waals surface area (Å²) in [6.07, 6.45) is 0.774. The van der Waals surface area contributed by atoms with E-state index >= 15 is 0 Å². The first-order valence-corrected chi connectivity index (χ1v) is 10.9. The summed E-state index contributed by atoms with van der Waals surface area (Å²) in [5.74, 6) is 0.920. The monoisotopic (exact) mass is 437 g/mol. The van der Waals surface area contributed by atoms with Gasteiger partial charge in [-0.15, -0.1) is 0 Å². The highest BCUT2D eigenvalue weighted by Crippen LogP contribution is 2.33. The number of carbonyl (C=O) groups is 3. The number of fused-ring (bicyclic) bond motifs is 1. The third-order valence-corrected chi connectivity index (χ3v) is 5.85. The van der Waals surface area contributed by atoms with Crippen LogP contribution in [0.15, 0.2) is 42.5 Å². The van der Waals surface area contributed by atoms with Crippen molar-refractivity contribution in [3.8, 4) is 11.5 Å². The van der Waals surface area contributed by atoms with Gasteiger partial charge in [-0.2, -0.15) is 0 Å². The van der Waals surface area contributed by atoms with Gasteiger partial charge in [0.2, 0.25) is 18.6 Å². The molecule has 2 aromatic rings. The lowest BCUT2D eigenvalue weighted by atomic mass is 10.1. The standard InChI is InChI=1S/C24H27N3O5/c1-3-26(4-2)24(30)17-6-5-7-18(13-17)25-23(29)19-9-11-22(28)27(19)14-16-8-10-20-21(12-16)32-15-31-20/h5-8,10,12-13,19H,3-4,9,11,14-15H2,1-2H3,(H,25,29). The summed E-state index contributed by atoms with van der Waals surface area (Å²) in [5, 5.41) is 2.88. The Labute approximate surface area is 187 Å². The highest BCUT2D eigenvalue weighted by atomic mass is 16.7. The lowest BCUT2D eigenvalue weighted by Crippen LogP contribution is -2.41. The Bertz CT molecular complexity index is 1030. The van der Waals surface area contributed by atoms with E-state index < -0.39 is 6.04 Å². The molecule has 1 saturated heterocycles. The minimum Gasteiger partial charge on any atom is -0.454 e. The molecular weight excluding hydrogens is 410 g/mol. The van der Waals surface area contributed by atoms with Gasteiger partial charge in [0.25, 0.3) is 5.91 Å². The van der Waals surface area contributed by atoms with Crippen LogP contribution in [0.1, 0.15) is 42.6 Å². The lowest BCUT2D eigenvalue weighted by molar-refractivity contribution is -0.133. The first-order valence-electron chi connectivity index (χ1n) is 10.9. The Hall–Kier alpha value is -3.55. The molecule has 3 amide bonds. The molecule has 8 nitrogen and oxygen atoms in total. The number of hydrogen-bond acceptors (Lipinski definition) is 5. The largest absolute Gasteiger partial charge is 0.454 e. The summed E-state index contributed by atoms with van der Waals surface area (Å²) >= 11 is 0. The minimum absolute atomic E-state index is 0.0618. The highest BCUT2D eigenvalue weighted by Gasteiger charge is 2.36.